The molecule has 1 atom stereocenters. The molecule has 0 N–H and O–H groups in total. The van der Waals surface area contributed by atoms with E-state index in [9.17, 15) is 0 Å². The molecule has 1 fully saturated rings. The van der Waals surface area contributed by atoms with Crippen LogP contribution in [0.4, 0.5) is 5.88 Å². The fraction of sp³-hybridized carbons (Fsp3) is 0.375. The highest BCUT2D eigenvalue weighted by Gasteiger charge is 2.21. The monoisotopic (exact) mass is 391 g/mol. The van der Waals surface area contributed by atoms with E-state index in [1.54, 1.807) is 0 Å². The van der Waals surface area contributed by atoms with Gasteiger partial charge in [-0.3, -0.25) is 4.90 Å². The van der Waals surface area contributed by atoms with Crippen LogP contribution in [0.2, 0.25) is 0 Å². The van der Waals surface area contributed by atoms with E-state index in [4.69, 9.17) is 9.26 Å². The summed E-state index contributed by atoms with van der Waals surface area (Å²) >= 11 is 0. The average molecular weight is 392 g/mol. The first-order valence-electron chi connectivity index (χ1n) is 10.4. The van der Waals surface area contributed by atoms with E-state index in [2.05, 4.69) is 70.4 Å². The highest BCUT2D eigenvalue weighted by atomic mass is 16.5. The molecule has 5 nitrogen and oxygen atoms in total. The number of benzene rings is 2. The maximum atomic E-state index is 5.81. The topological polar surface area (TPSA) is 41.7 Å². The second-order valence-corrected chi connectivity index (χ2v) is 7.62. The smallest absolute Gasteiger partial charge is 0.228 e. The Morgan fingerprint density at radius 1 is 1.00 bits per heavy atom. The predicted octanol–water partition coefficient (Wildman–Crippen LogP) is 4.46. The molecule has 2 aromatic carbocycles. The van der Waals surface area contributed by atoms with Gasteiger partial charge in [0.25, 0.3) is 0 Å². The van der Waals surface area contributed by atoms with Gasteiger partial charge >= 0.3 is 0 Å². The van der Waals surface area contributed by atoms with Crippen molar-refractivity contribution in [3.05, 3.63) is 72.3 Å². The van der Waals surface area contributed by atoms with Gasteiger partial charge in [0, 0.05) is 43.9 Å². The van der Waals surface area contributed by atoms with E-state index in [0.29, 0.717) is 6.04 Å². The second-order valence-electron chi connectivity index (χ2n) is 7.62. The third kappa shape index (κ3) is 5.25. The summed E-state index contributed by atoms with van der Waals surface area (Å²) in [5, 5.41) is 4.34. The fourth-order valence-electron chi connectivity index (χ4n) is 3.73. The van der Waals surface area contributed by atoms with Crippen molar-refractivity contribution in [1.82, 2.24) is 10.1 Å². The Kier molecular flexibility index (Phi) is 6.60. The molecule has 29 heavy (non-hydrogen) atoms. The summed E-state index contributed by atoms with van der Waals surface area (Å²) in [4.78, 5) is 4.81. The Labute approximate surface area is 172 Å². The van der Waals surface area contributed by atoms with E-state index < -0.39 is 0 Å². The molecule has 1 saturated heterocycles. The summed E-state index contributed by atoms with van der Waals surface area (Å²) in [6.07, 6.45) is 1.06. The third-order valence-electron chi connectivity index (χ3n) is 5.54. The molecule has 0 aliphatic carbocycles. The first-order chi connectivity index (χ1) is 14.3. The molecule has 152 valence electrons. The zero-order valence-corrected chi connectivity index (χ0v) is 17.0. The number of aromatic nitrogens is 1. The van der Waals surface area contributed by atoms with Crippen LogP contribution in [0.25, 0.3) is 11.3 Å². The molecular formula is C24H29N3O2. The molecule has 1 unspecified atom stereocenters. The highest BCUT2D eigenvalue weighted by Crippen LogP contribution is 2.27. The van der Waals surface area contributed by atoms with Crippen molar-refractivity contribution in [2.45, 2.75) is 25.9 Å². The van der Waals surface area contributed by atoms with Gasteiger partial charge in [0.15, 0.2) is 0 Å². The van der Waals surface area contributed by atoms with Gasteiger partial charge in [-0.1, -0.05) is 65.8 Å². The zero-order chi connectivity index (χ0) is 19.9. The Morgan fingerprint density at radius 3 is 2.41 bits per heavy atom. The Bertz CT molecular complexity index is 860. The van der Waals surface area contributed by atoms with Gasteiger partial charge in [-0.05, 0) is 18.9 Å². The number of hydrogen-bond donors (Lipinski definition) is 0. The molecule has 0 spiro atoms. The van der Waals surface area contributed by atoms with Gasteiger partial charge < -0.3 is 14.2 Å². The largest absolute Gasteiger partial charge is 0.379 e. The first kappa shape index (κ1) is 19.7. The van der Waals surface area contributed by atoms with Gasteiger partial charge in [0.2, 0.25) is 5.88 Å². The molecule has 0 radical (unpaired) electrons. The minimum absolute atomic E-state index is 0.328. The minimum atomic E-state index is 0.328. The Hall–Kier alpha value is -2.63. The molecule has 1 aliphatic rings. The van der Waals surface area contributed by atoms with Crippen molar-refractivity contribution in [3.8, 4) is 11.3 Å². The summed E-state index contributed by atoms with van der Waals surface area (Å²) < 4.78 is 11.3. The number of morpholine rings is 1. The molecular weight excluding hydrogens is 362 g/mol. The maximum Gasteiger partial charge on any atom is 0.228 e. The number of anilines is 1. The predicted molar refractivity (Wildman–Crippen MR) is 116 cm³/mol. The van der Waals surface area contributed by atoms with E-state index in [1.165, 1.54) is 5.56 Å². The molecule has 1 aliphatic heterocycles. The van der Waals surface area contributed by atoms with Gasteiger partial charge in [-0.2, -0.15) is 0 Å². The van der Waals surface area contributed by atoms with Crippen LogP contribution >= 0.6 is 0 Å². The van der Waals surface area contributed by atoms with Gasteiger partial charge in [-0.25, -0.2) is 0 Å². The number of hydrogen-bond acceptors (Lipinski definition) is 5. The van der Waals surface area contributed by atoms with Crippen LogP contribution in [0.5, 0.6) is 0 Å². The summed E-state index contributed by atoms with van der Waals surface area (Å²) in [6.45, 7) is 7.85. The minimum Gasteiger partial charge on any atom is -0.379 e. The standard InChI is InChI=1S/C24H29N3O2/c1-20(12-13-26-14-16-28-17-15-26)27(19-21-8-4-2-5-9-21)24-18-23(25-29-24)22-10-6-3-7-11-22/h2-11,18,20H,12-17,19H2,1H3. The molecule has 0 bridgehead atoms. The van der Waals surface area contributed by atoms with Crippen molar-refractivity contribution < 1.29 is 9.26 Å². The lowest BCUT2D eigenvalue weighted by molar-refractivity contribution is 0.0366. The van der Waals surface area contributed by atoms with Crippen molar-refractivity contribution in [2.75, 3.05) is 37.7 Å². The second kappa shape index (κ2) is 9.72. The van der Waals surface area contributed by atoms with E-state index in [1.807, 2.05) is 18.2 Å². The van der Waals surface area contributed by atoms with Crippen LogP contribution in [0.1, 0.15) is 18.9 Å². The highest BCUT2D eigenvalue weighted by molar-refractivity contribution is 5.62. The van der Waals surface area contributed by atoms with Crippen LogP contribution in [-0.4, -0.2) is 48.9 Å². The van der Waals surface area contributed by atoms with Crippen LogP contribution in [-0.2, 0) is 11.3 Å². The zero-order valence-electron chi connectivity index (χ0n) is 17.0. The Balaban J connectivity index is 1.51. The molecule has 4 rings (SSSR count). The molecule has 1 aromatic heterocycles. The van der Waals surface area contributed by atoms with Gasteiger partial charge in [-0.15, -0.1) is 0 Å². The molecule has 5 heteroatoms. The molecule has 2 heterocycles. The molecule has 0 saturated carbocycles. The van der Waals surface area contributed by atoms with Crippen LogP contribution < -0.4 is 4.90 Å². The van der Waals surface area contributed by atoms with Gasteiger partial charge in [0.05, 0.1) is 13.2 Å². The first-order valence-corrected chi connectivity index (χ1v) is 10.4. The maximum absolute atomic E-state index is 5.81. The lowest BCUT2D eigenvalue weighted by Gasteiger charge is -2.32. The van der Waals surface area contributed by atoms with Crippen LogP contribution in [0.15, 0.2) is 71.3 Å². The molecule has 3 aromatic rings. The SMILES string of the molecule is CC(CCN1CCOCC1)N(Cc1ccccc1)c1cc(-c2ccccc2)no1. The van der Waals surface area contributed by atoms with Crippen LogP contribution in [0, 0.1) is 0 Å². The quantitative estimate of drug-likeness (QED) is 0.567. The summed E-state index contributed by atoms with van der Waals surface area (Å²) in [7, 11) is 0. The van der Waals surface area contributed by atoms with Gasteiger partial charge in [0.1, 0.15) is 5.69 Å². The Morgan fingerprint density at radius 2 is 1.69 bits per heavy atom. The van der Waals surface area contributed by atoms with Crippen molar-refractivity contribution >= 4 is 5.88 Å². The number of nitrogens with zero attached hydrogens (tertiary/aromatic N) is 3. The van der Waals surface area contributed by atoms with Crippen molar-refractivity contribution in [1.29, 1.82) is 0 Å². The third-order valence-corrected chi connectivity index (χ3v) is 5.54. The van der Waals surface area contributed by atoms with E-state index >= 15 is 0 Å². The van der Waals surface area contributed by atoms with Crippen LogP contribution in [0.3, 0.4) is 0 Å². The summed E-state index contributed by atoms with van der Waals surface area (Å²) in [6, 6.07) is 23.1. The number of rotatable bonds is 8. The van der Waals surface area contributed by atoms with E-state index in [0.717, 1.165) is 63.0 Å². The summed E-state index contributed by atoms with van der Waals surface area (Å²) in [5.74, 6) is 0.821. The summed E-state index contributed by atoms with van der Waals surface area (Å²) in [5.41, 5.74) is 3.21. The lowest BCUT2D eigenvalue weighted by Crippen LogP contribution is -2.40. The van der Waals surface area contributed by atoms with Crippen molar-refractivity contribution in [3.63, 3.8) is 0 Å². The van der Waals surface area contributed by atoms with Crippen molar-refractivity contribution in [2.24, 2.45) is 0 Å². The average Bonchev–Trinajstić information content (AvgIpc) is 3.28. The lowest BCUT2D eigenvalue weighted by atomic mass is 10.1. The normalized spacial score (nSPS) is 15.9. The fourth-order valence-corrected chi connectivity index (χ4v) is 3.73. The molecule has 0 amide bonds. The number of ether oxygens (including phenoxy) is 1. The van der Waals surface area contributed by atoms with E-state index in [-0.39, 0.29) is 0 Å².